The Kier molecular flexibility index (Phi) is 4.20. The Bertz CT molecular complexity index is 527. The van der Waals surface area contributed by atoms with Crippen molar-refractivity contribution in [3.63, 3.8) is 0 Å². The van der Waals surface area contributed by atoms with Gasteiger partial charge in [0, 0.05) is 12.1 Å². The molecule has 1 heterocycles. The van der Waals surface area contributed by atoms with Crippen LogP contribution in [0.4, 0.5) is 4.39 Å². The Hall–Kier alpha value is -1.55. The first-order chi connectivity index (χ1) is 8.70. The molecule has 0 radical (unpaired) electrons. The number of benzene rings is 1. The van der Waals surface area contributed by atoms with Crippen molar-refractivity contribution in [1.82, 2.24) is 9.78 Å². The van der Waals surface area contributed by atoms with Crippen LogP contribution >= 0.6 is 11.6 Å². The minimum atomic E-state index is -0.430. The molecule has 0 saturated carbocycles. The highest BCUT2D eigenvalue weighted by molar-refractivity contribution is 6.30. The van der Waals surface area contributed by atoms with E-state index in [0.29, 0.717) is 11.3 Å². The van der Waals surface area contributed by atoms with E-state index in [1.165, 1.54) is 6.07 Å². The minimum Gasteiger partial charge on any atom is -0.486 e. The first-order valence-electron chi connectivity index (χ1n) is 5.79. The molecular weight excluding hydrogens is 255 g/mol. The third kappa shape index (κ3) is 3.01. The quantitative estimate of drug-likeness (QED) is 0.827. The Morgan fingerprint density at radius 3 is 3.06 bits per heavy atom. The van der Waals surface area contributed by atoms with Gasteiger partial charge in [-0.25, -0.2) is 4.39 Å². The highest BCUT2D eigenvalue weighted by Gasteiger charge is 2.07. The van der Waals surface area contributed by atoms with Gasteiger partial charge in [0.05, 0.1) is 17.4 Å². The first kappa shape index (κ1) is 12.9. The zero-order chi connectivity index (χ0) is 13.0. The second-order valence-corrected chi connectivity index (χ2v) is 4.35. The van der Waals surface area contributed by atoms with Crippen molar-refractivity contribution in [2.45, 2.75) is 26.5 Å². The fourth-order valence-corrected chi connectivity index (χ4v) is 1.79. The molecule has 1 aromatic carbocycles. The van der Waals surface area contributed by atoms with E-state index in [-0.39, 0.29) is 11.6 Å². The van der Waals surface area contributed by atoms with Crippen LogP contribution in [-0.4, -0.2) is 9.78 Å². The summed E-state index contributed by atoms with van der Waals surface area (Å²) in [6.07, 6.45) is 4.42. The zero-order valence-corrected chi connectivity index (χ0v) is 10.8. The molecule has 0 saturated heterocycles. The predicted molar refractivity (Wildman–Crippen MR) is 68.3 cm³/mol. The summed E-state index contributed by atoms with van der Waals surface area (Å²) in [5, 5.41) is 4.24. The van der Waals surface area contributed by atoms with Gasteiger partial charge in [-0.3, -0.25) is 4.68 Å². The number of rotatable bonds is 5. The van der Waals surface area contributed by atoms with Crippen LogP contribution in [-0.2, 0) is 13.2 Å². The SMILES string of the molecule is CCCn1cc(OCc2cccc(Cl)c2F)cn1. The molecule has 3 nitrogen and oxygen atoms in total. The standard InChI is InChI=1S/C13H14ClFN2O/c1-2-6-17-8-11(7-16-17)18-9-10-4-3-5-12(14)13(10)15/h3-5,7-8H,2,6,9H2,1H3. The summed E-state index contributed by atoms with van der Waals surface area (Å²) >= 11 is 5.69. The average molecular weight is 269 g/mol. The van der Waals surface area contributed by atoms with Crippen LogP contribution in [0.2, 0.25) is 5.02 Å². The molecule has 18 heavy (non-hydrogen) atoms. The molecule has 0 aliphatic rings. The number of hydrogen-bond acceptors (Lipinski definition) is 2. The summed E-state index contributed by atoms with van der Waals surface area (Å²) in [7, 11) is 0. The van der Waals surface area contributed by atoms with Gasteiger partial charge in [-0.2, -0.15) is 5.10 Å². The highest BCUT2D eigenvalue weighted by atomic mass is 35.5. The first-order valence-corrected chi connectivity index (χ1v) is 6.16. The average Bonchev–Trinajstić information content (AvgIpc) is 2.79. The van der Waals surface area contributed by atoms with E-state index < -0.39 is 5.82 Å². The molecule has 2 rings (SSSR count). The molecular formula is C13H14ClFN2O. The summed E-state index contributed by atoms with van der Waals surface area (Å²) in [6, 6.07) is 4.86. The number of aromatic nitrogens is 2. The largest absolute Gasteiger partial charge is 0.486 e. The zero-order valence-electron chi connectivity index (χ0n) is 10.1. The molecule has 0 fully saturated rings. The van der Waals surface area contributed by atoms with Gasteiger partial charge in [0.25, 0.3) is 0 Å². The molecule has 0 spiro atoms. The molecule has 0 amide bonds. The maximum atomic E-state index is 13.6. The summed E-state index contributed by atoms with van der Waals surface area (Å²) in [5.74, 6) is 0.197. The smallest absolute Gasteiger partial charge is 0.157 e. The molecule has 0 aliphatic heterocycles. The van der Waals surface area contributed by atoms with Crippen molar-refractivity contribution >= 4 is 11.6 Å². The summed E-state index contributed by atoms with van der Waals surface area (Å²) in [5.41, 5.74) is 0.436. The molecule has 96 valence electrons. The van der Waals surface area contributed by atoms with Gasteiger partial charge in [-0.15, -0.1) is 0 Å². The maximum Gasteiger partial charge on any atom is 0.157 e. The Balaban J connectivity index is 2.00. The number of hydrogen-bond donors (Lipinski definition) is 0. The predicted octanol–water partition coefficient (Wildman–Crippen LogP) is 3.66. The van der Waals surface area contributed by atoms with Crippen LogP contribution in [0.15, 0.2) is 30.6 Å². The van der Waals surface area contributed by atoms with Crippen LogP contribution in [0.25, 0.3) is 0 Å². The number of ether oxygens (including phenoxy) is 1. The fraction of sp³-hybridized carbons (Fsp3) is 0.308. The van der Waals surface area contributed by atoms with Crippen molar-refractivity contribution in [2.24, 2.45) is 0 Å². The van der Waals surface area contributed by atoms with Gasteiger partial charge in [-0.05, 0) is 12.5 Å². The molecule has 0 atom stereocenters. The fourth-order valence-electron chi connectivity index (χ4n) is 1.59. The second kappa shape index (κ2) is 5.87. The second-order valence-electron chi connectivity index (χ2n) is 3.94. The summed E-state index contributed by atoms with van der Waals surface area (Å²) in [6.45, 7) is 3.06. The number of halogens is 2. The normalized spacial score (nSPS) is 10.6. The third-order valence-electron chi connectivity index (χ3n) is 2.49. The van der Waals surface area contributed by atoms with Gasteiger partial charge in [-0.1, -0.05) is 30.7 Å². The highest BCUT2D eigenvalue weighted by Crippen LogP contribution is 2.19. The number of aryl methyl sites for hydroxylation is 1. The summed E-state index contributed by atoms with van der Waals surface area (Å²) in [4.78, 5) is 0. The molecule has 0 bridgehead atoms. The lowest BCUT2D eigenvalue weighted by Gasteiger charge is -2.05. The van der Waals surface area contributed by atoms with E-state index in [1.54, 1.807) is 29.2 Å². The van der Waals surface area contributed by atoms with Gasteiger partial charge in [0.2, 0.25) is 0 Å². The van der Waals surface area contributed by atoms with Gasteiger partial charge in [0.15, 0.2) is 5.75 Å². The van der Waals surface area contributed by atoms with Crippen molar-refractivity contribution in [2.75, 3.05) is 0 Å². The minimum absolute atomic E-state index is 0.109. The van der Waals surface area contributed by atoms with Crippen LogP contribution in [0.1, 0.15) is 18.9 Å². The molecule has 2 aromatic rings. The van der Waals surface area contributed by atoms with Gasteiger partial charge in [0.1, 0.15) is 12.4 Å². The molecule has 0 unspecified atom stereocenters. The van der Waals surface area contributed by atoms with E-state index in [4.69, 9.17) is 16.3 Å². The van der Waals surface area contributed by atoms with Crippen LogP contribution < -0.4 is 4.74 Å². The van der Waals surface area contributed by atoms with Crippen LogP contribution in [0.5, 0.6) is 5.75 Å². The van der Waals surface area contributed by atoms with Crippen LogP contribution in [0.3, 0.4) is 0 Å². The molecule has 5 heteroatoms. The summed E-state index contributed by atoms with van der Waals surface area (Å²) < 4.78 is 20.9. The lowest BCUT2D eigenvalue weighted by molar-refractivity contribution is 0.299. The van der Waals surface area contributed by atoms with Crippen molar-refractivity contribution in [1.29, 1.82) is 0 Å². The Morgan fingerprint density at radius 2 is 2.28 bits per heavy atom. The van der Waals surface area contributed by atoms with Gasteiger partial charge >= 0.3 is 0 Å². The van der Waals surface area contributed by atoms with E-state index in [2.05, 4.69) is 12.0 Å². The van der Waals surface area contributed by atoms with E-state index in [1.807, 2.05) is 0 Å². The van der Waals surface area contributed by atoms with Crippen molar-refractivity contribution < 1.29 is 9.13 Å². The molecule has 0 aliphatic carbocycles. The molecule has 0 N–H and O–H groups in total. The van der Waals surface area contributed by atoms with Gasteiger partial charge < -0.3 is 4.74 Å². The van der Waals surface area contributed by atoms with Crippen molar-refractivity contribution in [3.05, 3.63) is 47.0 Å². The Labute approximate surface area is 110 Å². The monoisotopic (exact) mass is 268 g/mol. The lowest BCUT2D eigenvalue weighted by Crippen LogP contribution is -1.98. The maximum absolute atomic E-state index is 13.6. The molecule has 1 aromatic heterocycles. The van der Waals surface area contributed by atoms with Crippen LogP contribution in [0, 0.1) is 5.82 Å². The third-order valence-corrected chi connectivity index (χ3v) is 2.78. The topological polar surface area (TPSA) is 27.1 Å². The lowest BCUT2D eigenvalue weighted by atomic mass is 10.2. The number of nitrogens with zero attached hydrogens (tertiary/aromatic N) is 2. The Morgan fingerprint density at radius 1 is 1.44 bits per heavy atom. The van der Waals surface area contributed by atoms with E-state index >= 15 is 0 Å². The van der Waals surface area contributed by atoms with E-state index in [0.717, 1.165) is 13.0 Å². The van der Waals surface area contributed by atoms with E-state index in [9.17, 15) is 4.39 Å². The van der Waals surface area contributed by atoms with Crippen molar-refractivity contribution in [3.8, 4) is 5.75 Å².